The second kappa shape index (κ2) is 6.76. The Morgan fingerprint density at radius 1 is 1.00 bits per heavy atom. The zero-order valence-corrected chi connectivity index (χ0v) is 15.9. The number of hydrogen-bond acceptors (Lipinski definition) is 3. The molecule has 0 heterocycles. The summed E-state index contributed by atoms with van der Waals surface area (Å²) in [6, 6.07) is 16.5. The van der Waals surface area contributed by atoms with Gasteiger partial charge in [-0.25, -0.2) is 4.79 Å². The Morgan fingerprint density at radius 2 is 1.50 bits per heavy atom. The van der Waals surface area contributed by atoms with Gasteiger partial charge in [-0.3, -0.25) is 0 Å². The quantitative estimate of drug-likeness (QED) is 0.841. The van der Waals surface area contributed by atoms with Gasteiger partial charge in [-0.2, -0.15) is 0 Å². The van der Waals surface area contributed by atoms with Crippen LogP contribution in [-0.2, 0) is 4.74 Å². The molecule has 0 saturated heterocycles. The first kappa shape index (κ1) is 18.5. The van der Waals surface area contributed by atoms with Crippen molar-refractivity contribution < 1.29 is 14.6 Å². The van der Waals surface area contributed by atoms with E-state index < -0.39 is 17.1 Å². The van der Waals surface area contributed by atoms with Crippen molar-refractivity contribution in [2.75, 3.05) is 13.2 Å². The maximum Gasteiger partial charge on any atom is 0.407 e. The number of alkyl carbamates (subject to hydrolysis) is 1. The van der Waals surface area contributed by atoms with Crippen LogP contribution >= 0.6 is 0 Å². The van der Waals surface area contributed by atoms with Gasteiger partial charge in [0, 0.05) is 17.9 Å². The summed E-state index contributed by atoms with van der Waals surface area (Å²) in [5.41, 5.74) is 3.44. The lowest BCUT2D eigenvalue weighted by molar-refractivity contribution is -0.0333. The van der Waals surface area contributed by atoms with E-state index >= 15 is 0 Å². The number of hydrogen-bond donors (Lipinski definition) is 2. The lowest BCUT2D eigenvalue weighted by Gasteiger charge is -2.37. The molecule has 0 saturated carbocycles. The van der Waals surface area contributed by atoms with Crippen LogP contribution in [0.1, 0.15) is 44.7 Å². The molecule has 3 rings (SSSR count). The van der Waals surface area contributed by atoms with Gasteiger partial charge in [0.05, 0.1) is 5.60 Å². The Balaban J connectivity index is 1.66. The zero-order valence-electron chi connectivity index (χ0n) is 15.9. The van der Waals surface area contributed by atoms with Crippen molar-refractivity contribution in [2.24, 2.45) is 5.41 Å². The van der Waals surface area contributed by atoms with E-state index in [4.69, 9.17) is 4.74 Å². The number of amides is 1. The summed E-state index contributed by atoms with van der Waals surface area (Å²) in [5, 5.41) is 13.0. The van der Waals surface area contributed by atoms with Crippen LogP contribution in [-0.4, -0.2) is 30.0 Å². The van der Waals surface area contributed by atoms with Gasteiger partial charge in [-0.05, 0) is 36.1 Å². The third-order valence-electron chi connectivity index (χ3n) is 5.67. The van der Waals surface area contributed by atoms with Crippen molar-refractivity contribution in [3.63, 3.8) is 0 Å². The van der Waals surface area contributed by atoms with Gasteiger partial charge in [0.1, 0.15) is 6.61 Å². The third kappa shape index (κ3) is 3.47. The predicted molar refractivity (Wildman–Crippen MR) is 103 cm³/mol. The third-order valence-corrected chi connectivity index (χ3v) is 5.67. The smallest absolute Gasteiger partial charge is 0.407 e. The van der Waals surface area contributed by atoms with Crippen molar-refractivity contribution in [3.05, 3.63) is 59.7 Å². The summed E-state index contributed by atoms with van der Waals surface area (Å²) >= 11 is 0. The van der Waals surface area contributed by atoms with Crippen molar-refractivity contribution >= 4 is 6.09 Å². The topological polar surface area (TPSA) is 58.6 Å². The number of ether oxygens (including phenoxy) is 1. The molecule has 26 heavy (non-hydrogen) atoms. The maximum atomic E-state index is 12.2. The molecule has 0 unspecified atom stereocenters. The Hall–Kier alpha value is -2.33. The van der Waals surface area contributed by atoms with Gasteiger partial charge >= 0.3 is 6.09 Å². The van der Waals surface area contributed by atoms with E-state index in [1.807, 2.05) is 38.1 Å². The van der Waals surface area contributed by atoms with E-state index in [1.54, 1.807) is 13.8 Å². The van der Waals surface area contributed by atoms with Gasteiger partial charge in [0.2, 0.25) is 0 Å². The summed E-state index contributed by atoms with van der Waals surface area (Å²) < 4.78 is 5.52. The normalized spacial score (nSPS) is 13.9. The average Bonchev–Trinajstić information content (AvgIpc) is 2.91. The van der Waals surface area contributed by atoms with E-state index in [1.165, 1.54) is 22.3 Å². The largest absolute Gasteiger partial charge is 0.449 e. The summed E-state index contributed by atoms with van der Waals surface area (Å²) in [6.07, 6.45) is -0.454. The lowest BCUT2D eigenvalue weighted by Crippen LogP contribution is -2.47. The molecule has 0 atom stereocenters. The molecule has 0 spiro atoms. The standard InChI is InChI=1S/C22H27NO3/c1-21(2,22(3,4)25)14-23-20(24)26-13-19-17-11-7-5-9-15(17)16-10-6-8-12-18(16)19/h5-12,19,25H,13-14H2,1-4H3,(H,23,24). The van der Waals surface area contributed by atoms with Crippen LogP contribution in [0.3, 0.4) is 0 Å². The maximum absolute atomic E-state index is 12.2. The van der Waals surface area contributed by atoms with Gasteiger partial charge in [-0.15, -0.1) is 0 Å². The Labute approximate surface area is 155 Å². The fourth-order valence-corrected chi connectivity index (χ4v) is 3.16. The van der Waals surface area contributed by atoms with Gasteiger partial charge in [0.15, 0.2) is 0 Å². The van der Waals surface area contributed by atoms with Crippen LogP contribution in [0.4, 0.5) is 4.79 Å². The summed E-state index contributed by atoms with van der Waals surface area (Å²) in [4.78, 5) is 12.2. The number of benzene rings is 2. The molecular weight excluding hydrogens is 326 g/mol. The number of fused-ring (bicyclic) bond motifs is 3. The van der Waals surface area contributed by atoms with Gasteiger partial charge in [-0.1, -0.05) is 62.4 Å². The van der Waals surface area contributed by atoms with Crippen LogP contribution in [0.25, 0.3) is 11.1 Å². The molecule has 4 nitrogen and oxygen atoms in total. The van der Waals surface area contributed by atoms with Crippen molar-refractivity contribution in [1.29, 1.82) is 0 Å². The molecule has 1 aliphatic rings. The Kier molecular flexibility index (Phi) is 4.80. The van der Waals surface area contributed by atoms with E-state index in [0.717, 1.165) is 0 Å². The van der Waals surface area contributed by atoms with Crippen molar-refractivity contribution in [2.45, 2.75) is 39.2 Å². The molecular formula is C22H27NO3. The molecule has 138 valence electrons. The molecule has 0 radical (unpaired) electrons. The second-order valence-electron chi connectivity index (χ2n) is 8.12. The Bertz CT molecular complexity index is 760. The highest BCUT2D eigenvalue weighted by Gasteiger charge is 2.35. The molecule has 0 fully saturated rings. The van der Waals surface area contributed by atoms with E-state index in [2.05, 4.69) is 29.6 Å². The summed E-state index contributed by atoms with van der Waals surface area (Å²) in [5.74, 6) is 0.0513. The monoisotopic (exact) mass is 353 g/mol. The van der Waals surface area contributed by atoms with Gasteiger partial charge in [0.25, 0.3) is 0 Å². The van der Waals surface area contributed by atoms with Crippen LogP contribution in [0.2, 0.25) is 0 Å². The highest BCUT2D eigenvalue weighted by atomic mass is 16.5. The second-order valence-corrected chi connectivity index (χ2v) is 8.12. The highest BCUT2D eigenvalue weighted by Crippen LogP contribution is 2.44. The van der Waals surface area contributed by atoms with Crippen molar-refractivity contribution in [3.8, 4) is 11.1 Å². The number of carbonyl (C=O) groups excluding carboxylic acids is 1. The highest BCUT2D eigenvalue weighted by molar-refractivity contribution is 5.79. The van der Waals surface area contributed by atoms with Crippen molar-refractivity contribution in [1.82, 2.24) is 5.32 Å². The predicted octanol–water partition coefficient (Wildman–Crippen LogP) is 4.32. The molecule has 0 bridgehead atoms. The first-order valence-electron chi connectivity index (χ1n) is 9.02. The summed E-state index contributed by atoms with van der Waals surface area (Å²) in [7, 11) is 0. The minimum absolute atomic E-state index is 0.0513. The minimum atomic E-state index is -0.899. The number of rotatable bonds is 5. The SMILES string of the molecule is CC(C)(O)C(C)(C)CNC(=O)OCC1c2ccccc2-c2ccccc21. The fraction of sp³-hybridized carbons (Fsp3) is 0.409. The van der Waals surface area contributed by atoms with Crippen LogP contribution in [0.5, 0.6) is 0 Å². The Morgan fingerprint density at radius 3 is 2.00 bits per heavy atom. The van der Waals surface area contributed by atoms with Crippen LogP contribution in [0.15, 0.2) is 48.5 Å². The first-order valence-corrected chi connectivity index (χ1v) is 9.02. The van der Waals surface area contributed by atoms with Crippen LogP contribution in [0, 0.1) is 5.41 Å². The van der Waals surface area contributed by atoms with Gasteiger partial charge < -0.3 is 15.2 Å². The van der Waals surface area contributed by atoms with Crippen LogP contribution < -0.4 is 5.32 Å². The molecule has 4 heteroatoms. The lowest BCUT2D eigenvalue weighted by atomic mass is 9.77. The average molecular weight is 353 g/mol. The first-order chi connectivity index (χ1) is 12.2. The molecule has 0 aromatic heterocycles. The zero-order chi connectivity index (χ0) is 18.9. The van der Waals surface area contributed by atoms with E-state index in [0.29, 0.717) is 13.2 Å². The van der Waals surface area contributed by atoms with E-state index in [-0.39, 0.29) is 5.92 Å². The molecule has 2 N–H and O–H groups in total. The molecule has 1 aliphatic carbocycles. The fourth-order valence-electron chi connectivity index (χ4n) is 3.16. The minimum Gasteiger partial charge on any atom is -0.449 e. The number of nitrogens with one attached hydrogen (secondary N) is 1. The van der Waals surface area contributed by atoms with E-state index in [9.17, 15) is 9.90 Å². The number of carbonyl (C=O) groups is 1. The molecule has 2 aromatic rings. The molecule has 0 aliphatic heterocycles. The number of aliphatic hydroxyl groups is 1. The summed E-state index contributed by atoms with van der Waals surface area (Å²) in [6.45, 7) is 7.95. The molecule has 1 amide bonds. The molecule has 2 aromatic carbocycles.